The first-order chi connectivity index (χ1) is 13.3. The second kappa shape index (κ2) is 9.31. The van der Waals surface area contributed by atoms with E-state index < -0.39 is 17.9 Å². The molecule has 8 nitrogen and oxygen atoms in total. The van der Waals surface area contributed by atoms with Crippen molar-refractivity contribution in [3.05, 3.63) is 53.6 Å². The highest BCUT2D eigenvalue weighted by Crippen LogP contribution is 2.26. The van der Waals surface area contributed by atoms with Crippen LogP contribution in [-0.4, -0.2) is 45.0 Å². The van der Waals surface area contributed by atoms with E-state index in [0.717, 1.165) is 0 Å². The molecule has 0 saturated heterocycles. The standard InChI is InChI=1S/C20H21NO7/c1-2-28-20(27)14(9-13-4-7-16(23)18(25)11-13)21-19(26)8-5-12-3-6-15(22)17(24)10-12/h3-8,10-11,14,22-25H,2,9H2,1H3,(H,21,26)/t14-/m0/s1. The maximum Gasteiger partial charge on any atom is 0.328 e. The predicted octanol–water partition coefficient (Wildman–Crippen LogP) is 1.81. The molecule has 0 aliphatic heterocycles. The number of hydrogen-bond donors (Lipinski definition) is 5. The Bertz CT molecular complexity index is 892. The third-order valence-electron chi connectivity index (χ3n) is 3.79. The van der Waals surface area contributed by atoms with Crippen LogP contribution in [-0.2, 0) is 20.7 Å². The summed E-state index contributed by atoms with van der Waals surface area (Å²) in [6.45, 7) is 1.77. The summed E-state index contributed by atoms with van der Waals surface area (Å²) >= 11 is 0. The van der Waals surface area contributed by atoms with Crippen LogP contribution >= 0.6 is 0 Å². The van der Waals surface area contributed by atoms with Gasteiger partial charge in [0, 0.05) is 12.5 Å². The fourth-order valence-electron chi connectivity index (χ4n) is 2.40. The van der Waals surface area contributed by atoms with Crippen LogP contribution in [0.1, 0.15) is 18.1 Å². The molecule has 0 aliphatic rings. The molecule has 1 atom stereocenters. The smallest absolute Gasteiger partial charge is 0.328 e. The maximum absolute atomic E-state index is 12.2. The molecule has 2 aromatic rings. The Morgan fingerprint density at radius 1 is 1.00 bits per heavy atom. The Labute approximate surface area is 161 Å². The van der Waals surface area contributed by atoms with Crippen LogP contribution in [0.5, 0.6) is 23.0 Å². The van der Waals surface area contributed by atoms with Gasteiger partial charge in [-0.2, -0.15) is 0 Å². The molecule has 5 N–H and O–H groups in total. The van der Waals surface area contributed by atoms with Gasteiger partial charge in [0.2, 0.25) is 5.91 Å². The number of ether oxygens (including phenoxy) is 1. The van der Waals surface area contributed by atoms with Gasteiger partial charge in [-0.3, -0.25) is 4.79 Å². The summed E-state index contributed by atoms with van der Waals surface area (Å²) in [7, 11) is 0. The van der Waals surface area contributed by atoms with Crippen molar-refractivity contribution in [3.8, 4) is 23.0 Å². The van der Waals surface area contributed by atoms with Crippen LogP contribution in [0.3, 0.4) is 0 Å². The topological polar surface area (TPSA) is 136 Å². The van der Waals surface area contributed by atoms with Gasteiger partial charge in [-0.15, -0.1) is 0 Å². The van der Waals surface area contributed by atoms with Crippen LogP contribution in [0.4, 0.5) is 0 Å². The number of nitrogens with one attached hydrogen (secondary N) is 1. The Morgan fingerprint density at radius 3 is 2.25 bits per heavy atom. The van der Waals surface area contributed by atoms with Crippen LogP contribution < -0.4 is 5.32 Å². The number of carbonyl (C=O) groups is 2. The number of phenols is 4. The minimum Gasteiger partial charge on any atom is -0.504 e. The van der Waals surface area contributed by atoms with Crippen molar-refractivity contribution in [2.75, 3.05) is 6.61 Å². The minimum absolute atomic E-state index is 0.0479. The minimum atomic E-state index is -1.01. The van der Waals surface area contributed by atoms with Crippen molar-refractivity contribution in [2.24, 2.45) is 0 Å². The molecule has 1 amide bonds. The lowest BCUT2D eigenvalue weighted by Gasteiger charge is -2.16. The SMILES string of the molecule is CCOC(=O)[C@H](Cc1ccc(O)c(O)c1)NC(=O)C=Cc1ccc(O)c(O)c1. The lowest BCUT2D eigenvalue weighted by atomic mass is 10.0. The maximum atomic E-state index is 12.2. The van der Waals surface area contributed by atoms with Gasteiger partial charge in [0.1, 0.15) is 6.04 Å². The van der Waals surface area contributed by atoms with Crippen molar-refractivity contribution < 1.29 is 34.8 Å². The molecule has 0 bridgehead atoms. The molecule has 0 spiro atoms. The van der Waals surface area contributed by atoms with Gasteiger partial charge < -0.3 is 30.5 Å². The lowest BCUT2D eigenvalue weighted by molar-refractivity contribution is -0.146. The van der Waals surface area contributed by atoms with Gasteiger partial charge in [-0.25, -0.2) is 4.79 Å². The van der Waals surface area contributed by atoms with Gasteiger partial charge in [0.25, 0.3) is 0 Å². The molecule has 0 unspecified atom stereocenters. The van der Waals surface area contributed by atoms with Gasteiger partial charge in [0.15, 0.2) is 23.0 Å². The second-order valence-electron chi connectivity index (χ2n) is 5.92. The molecule has 0 radical (unpaired) electrons. The Kier molecular flexibility index (Phi) is 6.86. The van der Waals surface area contributed by atoms with E-state index in [2.05, 4.69) is 5.32 Å². The number of amides is 1. The van der Waals surface area contributed by atoms with E-state index >= 15 is 0 Å². The van der Waals surface area contributed by atoms with Crippen molar-refractivity contribution in [1.29, 1.82) is 0 Å². The van der Waals surface area contributed by atoms with E-state index in [9.17, 15) is 30.0 Å². The van der Waals surface area contributed by atoms with Crippen LogP contribution in [0, 0.1) is 0 Å². The number of carbonyl (C=O) groups excluding carboxylic acids is 2. The summed E-state index contributed by atoms with van der Waals surface area (Å²) in [6, 6.07) is 7.15. The average molecular weight is 387 g/mol. The Hall–Kier alpha value is -3.68. The predicted molar refractivity (Wildman–Crippen MR) is 101 cm³/mol. The number of benzene rings is 2. The molecule has 28 heavy (non-hydrogen) atoms. The number of esters is 1. The highest BCUT2D eigenvalue weighted by molar-refractivity contribution is 5.94. The molecule has 2 aromatic carbocycles. The van der Waals surface area contributed by atoms with E-state index in [0.29, 0.717) is 11.1 Å². The summed E-state index contributed by atoms with van der Waals surface area (Å²) in [5.41, 5.74) is 0.989. The third-order valence-corrected chi connectivity index (χ3v) is 3.79. The van der Waals surface area contributed by atoms with E-state index in [-0.39, 0.29) is 36.0 Å². The highest BCUT2D eigenvalue weighted by atomic mass is 16.5. The normalized spacial score (nSPS) is 11.9. The molecule has 0 aliphatic carbocycles. The molecule has 8 heteroatoms. The first-order valence-corrected chi connectivity index (χ1v) is 8.48. The van der Waals surface area contributed by atoms with Gasteiger partial charge in [-0.05, 0) is 48.4 Å². The van der Waals surface area contributed by atoms with Crippen molar-refractivity contribution >= 4 is 18.0 Å². The monoisotopic (exact) mass is 387 g/mol. The summed E-state index contributed by atoms with van der Waals surface area (Å²) in [4.78, 5) is 24.3. The quantitative estimate of drug-likeness (QED) is 0.278. The summed E-state index contributed by atoms with van der Waals surface area (Å²) in [5.74, 6) is -2.44. The van der Waals surface area contributed by atoms with Crippen LogP contribution in [0.25, 0.3) is 6.08 Å². The molecule has 0 fully saturated rings. The number of aromatic hydroxyl groups is 4. The first kappa shape index (κ1) is 20.6. The molecule has 0 aromatic heterocycles. The lowest BCUT2D eigenvalue weighted by Crippen LogP contribution is -2.42. The Morgan fingerprint density at radius 2 is 1.64 bits per heavy atom. The van der Waals surface area contributed by atoms with Crippen molar-refractivity contribution in [3.63, 3.8) is 0 Å². The van der Waals surface area contributed by atoms with E-state index in [4.69, 9.17) is 4.74 Å². The summed E-state index contributed by atoms with van der Waals surface area (Å²) in [6.07, 6.45) is 2.63. The number of hydrogen-bond acceptors (Lipinski definition) is 7. The van der Waals surface area contributed by atoms with E-state index in [1.165, 1.54) is 48.6 Å². The fraction of sp³-hybridized carbons (Fsp3) is 0.200. The number of rotatable bonds is 7. The van der Waals surface area contributed by atoms with Crippen molar-refractivity contribution in [2.45, 2.75) is 19.4 Å². The molecular formula is C20H21NO7. The summed E-state index contributed by atoms with van der Waals surface area (Å²) in [5, 5.41) is 40.2. The van der Waals surface area contributed by atoms with Gasteiger partial charge in [-0.1, -0.05) is 12.1 Å². The third kappa shape index (κ3) is 5.66. The molecular weight excluding hydrogens is 366 g/mol. The zero-order valence-corrected chi connectivity index (χ0v) is 15.1. The van der Waals surface area contributed by atoms with E-state index in [1.807, 2.05) is 0 Å². The second-order valence-corrected chi connectivity index (χ2v) is 5.92. The molecule has 0 heterocycles. The number of phenolic OH excluding ortho intramolecular Hbond substituents is 4. The zero-order valence-electron chi connectivity index (χ0n) is 15.1. The highest BCUT2D eigenvalue weighted by Gasteiger charge is 2.22. The Balaban J connectivity index is 2.11. The molecule has 2 rings (SSSR count). The zero-order chi connectivity index (χ0) is 20.7. The van der Waals surface area contributed by atoms with E-state index in [1.54, 1.807) is 6.92 Å². The van der Waals surface area contributed by atoms with Crippen LogP contribution in [0.15, 0.2) is 42.5 Å². The van der Waals surface area contributed by atoms with Crippen molar-refractivity contribution in [1.82, 2.24) is 5.32 Å². The molecule has 148 valence electrons. The van der Waals surface area contributed by atoms with Crippen LogP contribution in [0.2, 0.25) is 0 Å². The van der Waals surface area contributed by atoms with Gasteiger partial charge in [0.05, 0.1) is 6.61 Å². The fourth-order valence-corrected chi connectivity index (χ4v) is 2.40. The largest absolute Gasteiger partial charge is 0.504 e. The average Bonchev–Trinajstić information content (AvgIpc) is 2.65. The first-order valence-electron chi connectivity index (χ1n) is 8.48. The summed E-state index contributed by atoms with van der Waals surface area (Å²) < 4.78 is 4.97. The molecule has 0 saturated carbocycles. The van der Waals surface area contributed by atoms with Gasteiger partial charge >= 0.3 is 5.97 Å².